The van der Waals surface area contributed by atoms with E-state index in [-0.39, 0.29) is 0 Å². The lowest BCUT2D eigenvalue weighted by molar-refractivity contribution is 0.107. The summed E-state index contributed by atoms with van der Waals surface area (Å²) in [5.74, 6) is 0.766. The standard InChI is InChI=1S/C12H25NO/c1-11(2)4-8-14-9-7-12(5-6-12)10-13-3/h11,13H,4-10H2,1-3H3. The largest absolute Gasteiger partial charge is 0.381 e. The van der Waals surface area contributed by atoms with E-state index in [1.807, 2.05) is 7.05 Å². The van der Waals surface area contributed by atoms with Crippen LogP contribution in [-0.2, 0) is 4.74 Å². The molecule has 0 spiro atoms. The number of ether oxygens (including phenoxy) is 1. The Morgan fingerprint density at radius 2 is 2.00 bits per heavy atom. The zero-order valence-electron chi connectivity index (χ0n) is 9.94. The van der Waals surface area contributed by atoms with E-state index in [0.717, 1.165) is 19.1 Å². The first-order chi connectivity index (χ1) is 6.68. The van der Waals surface area contributed by atoms with Crippen molar-refractivity contribution in [1.29, 1.82) is 0 Å². The highest BCUT2D eigenvalue weighted by molar-refractivity contribution is 4.94. The van der Waals surface area contributed by atoms with E-state index in [1.165, 1.54) is 32.2 Å². The molecule has 0 amide bonds. The van der Waals surface area contributed by atoms with E-state index < -0.39 is 0 Å². The van der Waals surface area contributed by atoms with Crippen molar-refractivity contribution < 1.29 is 4.74 Å². The van der Waals surface area contributed by atoms with Crippen LogP contribution in [0.15, 0.2) is 0 Å². The quantitative estimate of drug-likeness (QED) is 0.606. The van der Waals surface area contributed by atoms with Crippen LogP contribution in [0.1, 0.15) is 39.5 Å². The fourth-order valence-corrected chi connectivity index (χ4v) is 1.78. The molecule has 1 aliphatic rings. The van der Waals surface area contributed by atoms with Crippen LogP contribution in [0.2, 0.25) is 0 Å². The van der Waals surface area contributed by atoms with Gasteiger partial charge in [-0.2, -0.15) is 0 Å². The maximum atomic E-state index is 5.64. The monoisotopic (exact) mass is 199 g/mol. The summed E-state index contributed by atoms with van der Waals surface area (Å²) in [6.45, 7) is 7.54. The molecule has 84 valence electrons. The average Bonchev–Trinajstić information content (AvgIpc) is 2.85. The van der Waals surface area contributed by atoms with Crippen molar-refractivity contribution in [3.63, 3.8) is 0 Å². The van der Waals surface area contributed by atoms with Gasteiger partial charge < -0.3 is 10.1 Å². The normalized spacial score (nSPS) is 18.9. The molecule has 0 aromatic carbocycles. The van der Waals surface area contributed by atoms with Crippen molar-refractivity contribution in [3.05, 3.63) is 0 Å². The minimum atomic E-state index is 0.604. The molecule has 2 nitrogen and oxygen atoms in total. The van der Waals surface area contributed by atoms with Crippen molar-refractivity contribution in [2.24, 2.45) is 11.3 Å². The van der Waals surface area contributed by atoms with Gasteiger partial charge in [0.25, 0.3) is 0 Å². The first-order valence-electron chi connectivity index (χ1n) is 5.91. The van der Waals surface area contributed by atoms with Crippen LogP contribution in [0.5, 0.6) is 0 Å². The van der Waals surface area contributed by atoms with Gasteiger partial charge in [0, 0.05) is 19.8 Å². The van der Waals surface area contributed by atoms with Crippen molar-refractivity contribution >= 4 is 0 Å². The van der Waals surface area contributed by atoms with Gasteiger partial charge in [0.05, 0.1) is 0 Å². The van der Waals surface area contributed by atoms with Gasteiger partial charge in [0.15, 0.2) is 0 Å². The van der Waals surface area contributed by atoms with Crippen molar-refractivity contribution in [2.75, 3.05) is 26.8 Å². The second-order valence-electron chi connectivity index (χ2n) is 5.08. The Labute approximate surface area is 88.4 Å². The van der Waals surface area contributed by atoms with E-state index in [4.69, 9.17) is 4.74 Å². The molecule has 0 aliphatic heterocycles. The van der Waals surface area contributed by atoms with Crippen LogP contribution >= 0.6 is 0 Å². The zero-order chi connectivity index (χ0) is 10.4. The molecule has 0 radical (unpaired) electrons. The van der Waals surface area contributed by atoms with E-state index in [2.05, 4.69) is 19.2 Å². The van der Waals surface area contributed by atoms with Crippen LogP contribution in [0.3, 0.4) is 0 Å². The molecule has 1 N–H and O–H groups in total. The highest BCUT2D eigenvalue weighted by Gasteiger charge is 2.41. The first kappa shape index (κ1) is 12.0. The summed E-state index contributed by atoms with van der Waals surface area (Å²) in [5.41, 5.74) is 0.604. The van der Waals surface area contributed by atoms with Crippen LogP contribution < -0.4 is 5.32 Å². The van der Waals surface area contributed by atoms with Gasteiger partial charge in [-0.25, -0.2) is 0 Å². The van der Waals surface area contributed by atoms with Crippen LogP contribution in [-0.4, -0.2) is 26.8 Å². The molecule has 1 rings (SSSR count). The second kappa shape index (κ2) is 5.72. The topological polar surface area (TPSA) is 21.3 Å². The number of rotatable bonds is 8. The number of nitrogens with one attached hydrogen (secondary N) is 1. The summed E-state index contributed by atoms with van der Waals surface area (Å²) in [5, 5.41) is 3.27. The second-order valence-corrected chi connectivity index (χ2v) is 5.08. The fourth-order valence-electron chi connectivity index (χ4n) is 1.78. The lowest BCUT2D eigenvalue weighted by Gasteiger charge is -2.14. The Morgan fingerprint density at radius 3 is 2.50 bits per heavy atom. The van der Waals surface area contributed by atoms with Gasteiger partial charge >= 0.3 is 0 Å². The van der Waals surface area contributed by atoms with E-state index in [1.54, 1.807) is 0 Å². The Hall–Kier alpha value is -0.0800. The molecule has 0 bridgehead atoms. The van der Waals surface area contributed by atoms with E-state index in [0.29, 0.717) is 5.41 Å². The third-order valence-corrected chi connectivity index (χ3v) is 3.13. The SMILES string of the molecule is CNCC1(CCOCCC(C)C)CC1. The summed E-state index contributed by atoms with van der Waals surface area (Å²) in [6.07, 6.45) is 5.22. The highest BCUT2D eigenvalue weighted by Crippen LogP contribution is 2.47. The van der Waals surface area contributed by atoms with Crippen molar-refractivity contribution in [2.45, 2.75) is 39.5 Å². The molecule has 0 unspecified atom stereocenters. The maximum Gasteiger partial charge on any atom is 0.0471 e. The predicted molar refractivity (Wildman–Crippen MR) is 60.5 cm³/mol. The Kier molecular flexibility index (Phi) is 4.90. The van der Waals surface area contributed by atoms with Crippen LogP contribution in [0.25, 0.3) is 0 Å². The molecular formula is C12H25NO. The Balaban J connectivity index is 1.93. The molecule has 0 saturated heterocycles. The molecule has 0 aromatic heterocycles. The fraction of sp³-hybridized carbons (Fsp3) is 1.00. The summed E-state index contributed by atoms with van der Waals surface area (Å²) >= 11 is 0. The molecule has 1 fully saturated rings. The minimum Gasteiger partial charge on any atom is -0.381 e. The molecule has 14 heavy (non-hydrogen) atoms. The molecule has 0 atom stereocenters. The van der Waals surface area contributed by atoms with Gasteiger partial charge in [-0.3, -0.25) is 0 Å². The van der Waals surface area contributed by atoms with E-state index in [9.17, 15) is 0 Å². The van der Waals surface area contributed by atoms with E-state index >= 15 is 0 Å². The number of hydrogen-bond donors (Lipinski definition) is 1. The van der Waals surface area contributed by atoms with Crippen molar-refractivity contribution in [3.8, 4) is 0 Å². The van der Waals surface area contributed by atoms with Gasteiger partial charge in [-0.1, -0.05) is 13.8 Å². The summed E-state index contributed by atoms with van der Waals surface area (Å²) in [4.78, 5) is 0. The van der Waals surface area contributed by atoms with Gasteiger partial charge in [0.2, 0.25) is 0 Å². The smallest absolute Gasteiger partial charge is 0.0471 e. The summed E-state index contributed by atoms with van der Waals surface area (Å²) < 4.78 is 5.64. The Bertz CT molecular complexity index is 152. The minimum absolute atomic E-state index is 0.604. The molecule has 2 heteroatoms. The Morgan fingerprint density at radius 1 is 1.29 bits per heavy atom. The zero-order valence-corrected chi connectivity index (χ0v) is 9.94. The summed E-state index contributed by atoms with van der Waals surface area (Å²) in [7, 11) is 2.04. The van der Waals surface area contributed by atoms with Gasteiger partial charge in [0.1, 0.15) is 0 Å². The molecule has 1 aliphatic carbocycles. The molecule has 0 aromatic rings. The lowest BCUT2D eigenvalue weighted by Crippen LogP contribution is -2.21. The summed E-state index contributed by atoms with van der Waals surface area (Å²) in [6, 6.07) is 0. The molecular weight excluding hydrogens is 174 g/mol. The van der Waals surface area contributed by atoms with Crippen LogP contribution in [0.4, 0.5) is 0 Å². The highest BCUT2D eigenvalue weighted by atomic mass is 16.5. The lowest BCUT2D eigenvalue weighted by atomic mass is 10.0. The van der Waals surface area contributed by atoms with Gasteiger partial charge in [-0.15, -0.1) is 0 Å². The molecule has 0 heterocycles. The van der Waals surface area contributed by atoms with Gasteiger partial charge in [-0.05, 0) is 44.1 Å². The third-order valence-electron chi connectivity index (χ3n) is 3.13. The first-order valence-corrected chi connectivity index (χ1v) is 5.91. The maximum absolute atomic E-state index is 5.64. The predicted octanol–water partition coefficient (Wildman–Crippen LogP) is 2.44. The van der Waals surface area contributed by atoms with Crippen molar-refractivity contribution in [1.82, 2.24) is 5.32 Å². The molecule has 1 saturated carbocycles. The number of hydrogen-bond acceptors (Lipinski definition) is 2. The van der Waals surface area contributed by atoms with Crippen LogP contribution in [0, 0.1) is 11.3 Å². The average molecular weight is 199 g/mol. The third kappa shape index (κ3) is 4.43.